The smallest absolute Gasteiger partial charge is 0.0483 e. The van der Waals surface area contributed by atoms with Crippen LogP contribution in [0.3, 0.4) is 0 Å². The minimum atomic E-state index is 0.744. The van der Waals surface area contributed by atoms with Gasteiger partial charge in [0.15, 0.2) is 0 Å². The van der Waals surface area contributed by atoms with Gasteiger partial charge in [-0.25, -0.2) is 0 Å². The minimum Gasteiger partial charge on any atom is -0.344 e. The average molecular weight is 213 g/mol. The maximum atomic E-state index is 2.49. The van der Waals surface area contributed by atoms with Crippen LogP contribution < -0.4 is 0 Å². The van der Waals surface area contributed by atoms with Gasteiger partial charge in [-0.05, 0) is 43.4 Å². The zero-order chi connectivity index (χ0) is 11.0. The van der Waals surface area contributed by atoms with Crippen LogP contribution in [0.1, 0.15) is 43.7 Å². The fourth-order valence-corrected chi connectivity index (χ4v) is 2.96. The van der Waals surface area contributed by atoms with E-state index in [9.17, 15) is 0 Å². The lowest BCUT2D eigenvalue weighted by atomic mass is 9.95. The van der Waals surface area contributed by atoms with Crippen LogP contribution in [-0.4, -0.2) is 4.57 Å². The second-order valence-corrected chi connectivity index (χ2v) is 5.08. The molecule has 3 rings (SSSR count). The Morgan fingerprint density at radius 2 is 1.88 bits per heavy atom. The maximum Gasteiger partial charge on any atom is 0.0483 e. The van der Waals surface area contributed by atoms with Crippen molar-refractivity contribution in [1.82, 2.24) is 4.57 Å². The summed E-state index contributed by atoms with van der Waals surface area (Å²) in [6.45, 7) is 2.16. The van der Waals surface area contributed by atoms with Crippen molar-refractivity contribution in [3.63, 3.8) is 0 Å². The number of aryl methyl sites for hydroxylation is 1. The molecule has 1 fully saturated rings. The van der Waals surface area contributed by atoms with E-state index in [4.69, 9.17) is 0 Å². The zero-order valence-corrected chi connectivity index (χ0v) is 9.95. The number of benzene rings is 1. The molecule has 0 amide bonds. The van der Waals surface area contributed by atoms with Crippen molar-refractivity contribution >= 4 is 10.9 Å². The number of rotatable bonds is 1. The fourth-order valence-electron chi connectivity index (χ4n) is 2.96. The Kier molecular flexibility index (Phi) is 2.47. The summed E-state index contributed by atoms with van der Waals surface area (Å²) in [6.07, 6.45) is 9.22. The lowest BCUT2D eigenvalue weighted by molar-refractivity contribution is 0.361. The van der Waals surface area contributed by atoms with E-state index in [2.05, 4.69) is 42.0 Å². The predicted molar refractivity (Wildman–Crippen MR) is 68.8 cm³/mol. The quantitative estimate of drug-likeness (QED) is 0.659. The largest absolute Gasteiger partial charge is 0.344 e. The molecule has 1 saturated carbocycles. The molecule has 0 atom stereocenters. The molecule has 0 spiro atoms. The third kappa shape index (κ3) is 1.64. The van der Waals surface area contributed by atoms with Gasteiger partial charge in [0.2, 0.25) is 0 Å². The third-order valence-electron chi connectivity index (χ3n) is 3.84. The van der Waals surface area contributed by atoms with Gasteiger partial charge >= 0.3 is 0 Å². The van der Waals surface area contributed by atoms with E-state index >= 15 is 0 Å². The molecule has 0 bridgehead atoms. The molecule has 0 N–H and O–H groups in total. The van der Waals surface area contributed by atoms with E-state index in [1.165, 1.54) is 48.6 Å². The van der Waals surface area contributed by atoms with Gasteiger partial charge in [-0.15, -0.1) is 0 Å². The molecule has 84 valence electrons. The molecule has 1 aromatic carbocycles. The average Bonchev–Trinajstić information content (AvgIpc) is 2.73. The molecule has 0 aliphatic heterocycles. The summed E-state index contributed by atoms with van der Waals surface area (Å²) in [7, 11) is 0. The standard InChI is InChI=1S/C15H19N/c1-12-7-8-15-13(11-12)9-10-16(15)14-5-3-2-4-6-14/h7-11,14H,2-6H2,1H3. The molecule has 2 aromatic rings. The highest BCUT2D eigenvalue weighted by molar-refractivity contribution is 5.81. The van der Waals surface area contributed by atoms with Crippen molar-refractivity contribution in [2.45, 2.75) is 45.1 Å². The van der Waals surface area contributed by atoms with Crippen LogP contribution in [-0.2, 0) is 0 Å². The van der Waals surface area contributed by atoms with E-state index in [1.54, 1.807) is 0 Å². The summed E-state index contributed by atoms with van der Waals surface area (Å²) in [4.78, 5) is 0. The summed E-state index contributed by atoms with van der Waals surface area (Å²) < 4.78 is 2.49. The van der Waals surface area contributed by atoms with Crippen molar-refractivity contribution in [2.75, 3.05) is 0 Å². The maximum absolute atomic E-state index is 2.49. The van der Waals surface area contributed by atoms with Crippen LogP contribution in [0.15, 0.2) is 30.5 Å². The van der Waals surface area contributed by atoms with Crippen molar-refractivity contribution in [2.24, 2.45) is 0 Å². The first kappa shape index (κ1) is 9.95. The SMILES string of the molecule is Cc1ccc2c(ccn2C2CCCCC2)c1. The number of nitrogens with zero attached hydrogens (tertiary/aromatic N) is 1. The Balaban J connectivity index is 2.03. The second-order valence-electron chi connectivity index (χ2n) is 5.08. The highest BCUT2D eigenvalue weighted by atomic mass is 15.0. The van der Waals surface area contributed by atoms with Gasteiger partial charge in [0, 0.05) is 17.8 Å². The second kappa shape index (κ2) is 3.97. The molecule has 1 aliphatic rings. The zero-order valence-electron chi connectivity index (χ0n) is 9.95. The summed E-state index contributed by atoms with van der Waals surface area (Å²) in [5.74, 6) is 0. The van der Waals surface area contributed by atoms with Crippen LogP contribution in [0, 0.1) is 6.92 Å². The van der Waals surface area contributed by atoms with Crippen molar-refractivity contribution in [1.29, 1.82) is 0 Å². The molecule has 1 aliphatic carbocycles. The van der Waals surface area contributed by atoms with E-state index in [0.29, 0.717) is 0 Å². The molecule has 1 heterocycles. The van der Waals surface area contributed by atoms with Gasteiger partial charge in [0.25, 0.3) is 0 Å². The summed E-state index contributed by atoms with van der Waals surface area (Å²) in [6, 6.07) is 9.79. The molecule has 1 aromatic heterocycles. The van der Waals surface area contributed by atoms with Gasteiger partial charge in [-0.2, -0.15) is 0 Å². The van der Waals surface area contributed by atoms with Crippen LogP contribution in [0.4, 0.5) is 0 Å². The lowest BCUT2D eigenvalue weighted by Crippen LogP contribution is -2.11. The van der Waals surface area contributed by atoms with E-state index in [0.717, 1.165) is 6.04 Å². The Morgan fingerprint density at radius 1 is 1.06 bits per heavy atom. The Morgan fingerprint density at radius 3 is 2.69 bits per heavy atom. The van der Waals surface area contributed by atoms with Gasteiger partial charge in [-0.3, -0.25) is 0 Å². The Labute approximate surface area is 97.1 Å². The summed E-state index contributed by atoms with van der Waals surface area (Å²) in [5.41, 5.74) is 2.77. The van der Waals surface area contributed by atoms with Crippen molar-refractivity contribution in [3.05, 3.63) is 36.0 Å². The topological polar surface area (TPSA) is 4.93 Å². The highest BCUT2D eigenvalue weighted by Gasteiger charge is 2.16. The van der Waals surface area contributed by atoms with Crippen molar-refractivity contribution < 1.29 is 0 Å². The molecule has 0 radical (unpaired) electrons. The first-order valence-electron chi connectivity index (χ1n) is 6.42. The number of aromatic nitrogens is 1. The first-order valence-corrected chi connectivity index (χ1v) is 6.42. The van der Waals surface area contributed by atoms with Crippen LogP contribution in [0.2, 0.25) is 0 Å². The van der Waals surface area contributed by atoms with Crippen LogP contribution in [0.5, 0.6) is 0 Å². The van der Waals surface area contributed by atoms with Crippen LogP contribution >= 0.6 is 0 Å². The molecule has 0 saturated heterocycles. The third-order valence-corrected chi connectivity index (χ3v) is 3.84. The molecule has 1 nitrogen and oxygen atoms in total. The predicted octanol–water partition coefficient (Wildman–Crippen LogP) is 4.45. The van der Waals surface area contributed by atoms with Gasteiger partial charge < -0.3 is 4.57 Å². The molecular formula is C15H19N. The van der Waals surface area contributed by atoms with E-state index in [-0.39, 0.29) is 0 Å². The lowest BCUT2D eigenvalue weighted by Gasteiger charge is -2.24. The fraction of sp³-hybridized carbons (Fsp3) is 0.467. The van der Waals surface area contributed by atoms with E-state index in [1.807, 2.05) is 0 Å². The molecular weight excluding hydrogens is 194 g/mol. The normalized spacial score (nSPS) is 18.1. The first-order chi connectivity index (χ1) is 7.84. The summed E-state index contributed by atoms with van der Waals surface area (Å²) in [5, 5.41) is 1.39. The number of fused-ring (bicyclic) bond motifs is 1. The minimum absolute atomic E-state index is 0.744. The van der Waals surface area contributed by atoms with Gasteiger partial charge in [-0.1, -0.05) is 30.9 Å². The van der Waals surface area contributed by atoms with Gasteiger partial charge in [0.1, 0.15) is 0 Å². The highest BCUT2D eigenvalue weighted by Crippen LogP contribution is 2.31. The van der Waals surface area contributed by atoms with E-state index < -0.39 is 0 Å². The Bertz CT molecular complexity index is 489. The molecule has 1 heteroatoms. The van der Waals surface area contributed by atoms with Crippen LogP contribution in [0.25, 0.3) is 10.9 Å². The Hall–Kier alpha value is -1.24. The molecule has 0 unspecified atom stereocenters. The molecule has 16 heavy (non-hydrogen) atoms. The monoisotopic (exact) mass is 213 g/mol. The number of hydrogen-bond donors (Lipinski definition) is 0. The summed E-state index contributed by atoms with van der Waals surface area (Å²) >= 11 is 0. The van der Waals surface area contributed by atoms with Crippen molar-refractivity contribution in [3.8, 4) is 0 Å². The number of hydrogen-bond acceptors (Lipinski definition) is 0. The van der Waals surface area contributed by atoms with Gasteiger partial charge in [0.05, 0.1) is 0 Å².